The number of nitro groups is 1. The van der Waals surface area contributed by atoms with E-state index in [1.807, 2.05) is 0 Å². The molecule has 1 N–H and O–H groups in total. The van der Waals surface area contributed by atoms with Crippen molar-refractivity contribution in [3.8, 4) is 5.75 Å². The molecule has 104 valence electrons. The fraction of sp³-hybridized carbons (Fsp3) is 0.0769. The standard InChI is InChI=1S/C13H12NO5P/c1-19-11-3-2-4-13(9-11)20(17,18)12-7-5-10(6-8-12)14(15)16/h2-9H,1H3,(H,17,18). The maximum atomic E-state index is 12.5. The predicted octanol–water partition coefficient (Wildman–Crippen LogP) is 1.82. The van der Waals surface area contributed by atoms with Crippen molar-refractivity contribution in [2.75, 3.05) is 7.11 Å². The first-order chi connectivity index (χ1) is 9.45. The highest BCUT2D eigenvalue weighted by Crippen LogP contribution is 2.39. The van der Waals surface area contributed by atoms with E-state index >= 15 is 0 Å². The molecule has 2 aromatic rings. The van der Waals surface area contributed by atoms with Gasteiger partial charge in [-0.25, -0.2) is 0 Å². The second-order valence-electron chi connectivity index (χ2n) is 4.05. The molecule has 1 unspecified atom stereocenters. The molecule has 20 heavy (non-hydrogen) atoms. The van der Waals surface area contributed by atoms with Crippen LogP contribution in [0.3, 0.4) is 0 Å². The lowest BCUT2D eigenvalue weighted by Crippen LogP contribution is -2.15. The zero-order valence-corrected chi connectivity index (χ0v) is 11.5. The number of nitro benzene ring substituents is 1. The number of nitrogens with zero attached hydrogens (tertiary/aromatic N) is 1. The summed E-state index contributed by atoms with van der Waals surface area (Å²) in [6.45, 7) is 0. The summed E-state index contributed by atoms with van der Waals surface area (Å²) in [5, 5.41) is 10.9. The van der Waals surface area contributed by atoms with Crippen LogP contribution in [-0.2, 0) is 4.57 Å². The van der Waals surface area contributed by atoms with Gasteiger partial charge in [-0.15, -0.1) is 0 Å². The number of non-ortho nitro benzene ring substituents is 1. The van der Waals surface area contributed by atoms with Crippen LogP contribution in [0.2, 0.25) is 0 Å². The van der Waals surface area contributed by atoms with E-state index in [2.05, 4.69) is 0 Å². The third-order valence-electron chi connectivity index (χ3n) is 2.81. The van der Waals surface area contributed by atoms with E-state index < -0.39 is 12.3 Å². The first kappa shape index (κ1) is 14.2. The first-order valence-electron chi connectivity index (χ1n) is 5.67. The molecule has 0 heterocycles. The van der Waals surface area contributed by atoms with E-state index in [0.717, 1.165) is 0 Å². The SMILES string of the molecule is COc1cccc(P(=O)(O)c2ccc([N+](=O)[O-])cc2)c1. The summed E-state index contributed by atoms with van der Waals surface area (Å²) in [5.41, 5.74) is -0.126. The van der Waals surface area contributed by atoms with Gasteiger partial charge in [-0.05, 0) is 30.3 Å². The summed E-state index contributed by atoms with van der Waals surface area (Å²) >= 11 is 0. The summed E-state index contributed by atoms with van der Waals surface area (Å²) in [6.07, 6.45) is 0. The van der Waals surface area contributed by atoms with Crippen LogP contribution in [0, 0.1) is 10.1 Å². The van der Waals surface area contributed by atoms with E-state index in [-0.39, 0.29) is 16.3 Å². The Hall–Kier alpha value is -2.17. The molecule has 0 saturated heterocycles. The molecule has 0 fully saturated rings. The topological polar surface area (TPSA) is 89.7 Å². The third kappa shape index (κ3) is 2.71. The van der Waals surface area contributed by atoms with E-state index in [1.54, 1.807) is 12.1 Å². The Morgan fingerprint density at radius 1 is 1.15 bits per heavy atom. The predicted molar refractivity (Wildman–Crippen MR) is 75.2 cm³/mol. The minimum Gasteiger partial charge on any atom is -0.497 e. The summed E-state index contributed by atoms with van der Waals surface area (Å²) in [7, 11) is -2.32. The quantitative estimate of drug-likeness (QED) is 0.527. The molecule has 6 nitrogen and oxygen atoms in total. The maximum Gasteiger partial charge on any atom is 0.269 e. The molecule has 0 spiro atoms. The Kier molecular flexibility index (Phi) is 3.88. The summed E-state index contributed by atoms with van der Waals surface area (Å²) in [4.78, 5) is 20.3. The highest BCUT2D eigenvalue weighted by atomic mass is 31.2. The van der Waals surface area contributed by atoms with Crippen LogP contribution in [0.25, 0.3) is 0 Å². The number of benzene rings is 2. The van der Waals surface area contributed by atoms with Gasteiger partial charge >= 0.3 is 0 Å². The van der Waals surface area contributed by atoms with Gasteiger partial charge in [-0.2, -0.15) is 0 Å². The minimum atomic E-state index is -3.79. The van der Waals surface area contributed by atoms with Gasteiger partial charge in [-0.1, -0.05) is 6.07 Å². The molecule has 0 radical (unpaired) electrons. The normalized spacial score (nSPS) is 13.5. The Balaban J connectivity index is 2.43. The summed E-state index contributed by atoms with van der Waals surface area (Å²) in [5.74, 6) is 0.471. The van der Waals surface area contributed by atoms with Gasteiger partial charge in [-0.3, -0.25) is 14.7 Å². The molecule has 7 heteroatoms. The molecule has 1 atom stereocenters. The minimum absolute atomic E-state index is 0.126. The monoisotopic (exact) mass is 293 g/mol. The number of ether oxygens (including phenoxy) is 1. The van der Waals surface area contributed by atoms with Crippen molar-refractivity contribution in [3.05, 3.63) is 58.6 Å². The second-order valence-corrected chi connectivity index (χ2v) is 6.24. The fourth-order valence-electron chi connectivity index (χ4n) is 1.72. The number of hydrogen-bond acceptors (Lipinski definition) is 4. The van der Waals surface area contributed by atoms with Crippen molar-refractivity contribution in [1.82, 2.24) is 0 Å². The van der Waals surface area contributed by atoms with Crippen LogP contribution in [0.1, 0.15) is 0 Å². The molecule has 0 aromatic heterocycles. The molecule has 0 amide bonds. The largest absolute Gasteiger partial charge is 0.497 e. The van der Waals surface area contributed by atoms with E-state index in [1.165, 1.54) is 43.5 Å². The molecular weight excluding hydrogens is 281 g/mol. The average molecular weight is 293 g/mol. The highest BCUT2D eigenvalue weighted by molar-refractivity contribution is 7.73. The van der Waals surface area contributed by atoms with Crippen molar-refractivity contribution >= 4 is 23.7 Å². The first-order valence-corrected chi connectivity index (χ1v) is 7.33. The third-order valence-corrected chi connectivity index (χ3v) is 4.79. The van der Waals surface area contributed by atoms with Gasteiger partial charge < -0.3 is 9.63 Å². The molecule has 0 aliphatic carbocycles. The van der Waals surface area contributed by atoms with Crippen LogP contribution in [0.4, 0.5) is 5.69 Å². The number of rotatable bonds is 4. The van der Waals surface area contributed by atoms with Gasteiger partial charge in [0.15, 0.2) is 0 Å². The van der Waals surface area contributed by atoms with Crippen molar-refractivity contribution in [3.63, 3.8) is 0 Å². The smallest absolute Gasteiger partial charge is 0.269 e. The van der Waals surface area contributed by atoms with Crippen molar-refractivity contribution in [1.29, 1.82) is 0 Å². The Morgan fingerprint density at radius 2 is 1.80 bits per heavy atom. The molecule has 0 bridgehead atoms. The zero-order chi connectivity index (χ0) is 14.8. The lowest BCUT2D eigenvalue weighted by Gasteiger charge is -2.12. The van der Waals surface area contributed by atoms with Gasteiger partial charge in [0.05, 0.1) is 12.0 Å². The Bertz CT molecular complexity index is 683. The fourth-order valence-corrected chi connectivity index (χ4v) is 3.17. The van der Waals surface area contributed by atoms with Crippen LogP contribution < -0.4 is 15.3 Å². The lowest BCUT2D eigenvalue weighted by molar-refractivity contribution is -0.384. The zero-order valence-electron chi connectivity index (χ0n) is 10.6. The van der Waals surface area contributed by atoms with E-state index in [4.69, 9.17) is 4.74 Å². The van der Waals surface area contributed by atoms with Crippen LogP contribution in [-0.4, -0.2) is 16.9 Å². The molecule has 2 aromatic carbocycles. The van der Waals surface area contributed by atoms with Gasteiger partial charge in [0.1, 0.15) is 5.75 Å². The van der Waals surface area contributed by atoms with Crippen molar-refractivity contribution < 1.29 is 19.1 Å². The average Bonchev–Trinajstić information content (AvgIpc) is 2.47. The lowest BCUT2D eigenvalue weighted by atomic mass is 10.3. The molecule has 0 aliphatic rings. The van der Waals surface area contributed by atoms with Gasteiger partial charge in [0, 0.05) is 22.7 Å². The van der Waals surface area contributed by atoms with Crippen LogP contribution >= 0.6 is 7.37 Å². The van der Waals surface area contributed by atoms with Crippen LogP contribution in [0.15, 0.2) is 48.5 Å². The molecule has 2 rings (SSSR count). The molecular formula is C13H12NO5P. The van der Waals surface area contributed by atoms with Crippen molar-refractivity contribution in [2.45, 2.75) is 0 Å². The van der Waals surface area contributed by atoms with E-state index in [0.29, 0.717) is 5.75 Å². The van der Waals surface area contributed by atoms with Gasteiger partial charge in [0.25, 0.3) is 13.1 Å². The van der Waals surface area contributed by atoms with Crippen LogP contribution in [0.5, 0.6) is 5.75 Å². The number of methoxy groups -OCH3 is 1. The Morgan fingerprint density at radius 3 is 2.35 bits per heavy atom. The summed E-state index contributed by atoms with van der Waals surface area (Å²) < 4.78 is 17.5. The van der Waals surface area contributed by atoms with Crippen molar-refractivity contribution in [2.24, 2.45) is 0 Å². The maximum absolute atomic E-state index is 12.5. The molecule has 0 saturated carbocycles. The highest BCUT2D eigenvalue weighted by Gasteiger charge is 2.25. The number of hydrogen-bond donors (Lipinski definition) is 1. The van der Waals surface area contributed by atoms with E-state index in [9.17, 15) is 19.6 Å². The Labute approximate surface area is 115 Å². The van der Waals surface area contributed by atoms with Gasteiger partial charge in [0.2, 0.25) is 0 Å². The summed E-state index contributed by atoms with van der Waals surface area (Å²) in [6, 6.07) is 11.3. The molecule has 0 aliphatic heterocycles. The second kappa shape index (κ2) is 5.45.